The fourth-order valence-electron chi connectivity index (χ4n) is 3.62. The molecule has 27 heavy (non-hydrogen) atoms. The van der Waals surface area contributed by atoms with E-state index in [4.69, 9.17) is 9.15 Å². The van der Waals surface area contributed by atoms with Gasteiger partial charge in [0.2, 0.25) is 0 Å². The topological polar surface area (TPSA) is 39.4 Å². The van der Waals surface area contributed by atoms with Crippen LogP contribution in [-0.2, 0) is 9.53 Å². The largest absolute Gasteiger partial charge is 0.464 e. The highest BCUT2D eigenvalue weighted by molar-refractivity contribution is 5.97. The summed E-state index contributed by atoms with van der Waals surface area (Å²) in [6, 6.07) is 18.4. The summed E-state index contributed by atoms with van der Waals surface area (Å²) in [5.74, 6) is -0.160. The average molecular weight is 360 g/mol. The number of esters is 1. The van der Waals surface area contributed by atoms with Gasteiger partial charge in [-0.3, -0.25) is 4.79 Å². The van der Waals surface area contributed by atoms with Crippen molar-refractivity contribution in [1.29, 1.82) is 0 Å². The maximum absolute atomic E-state index is 12.4. The molecule has 0 aliphatic heterocycles. The van der Waals surface area contributed by atoms with Crippen LogP contribution < -0.4 is 0 Å². The normalized spacial score (nSPS) is 16.9. The van der Waals surface area contributed by atoms with Gasteiger partial charge in [-0.2, -0.15) is 0 Å². The van der Waals surface area contributed by atoms with Crippen molar-refractivity contribution >= 4 is 22.5 Å². The summed E-state index contributed by atoms with van der Waals surface area (Å²) < 4.78 is 11.3. The molecule has 4 rings (SSSR count). The lowest BCUT2D eigenvalue weighted by molar-refractivity contribution is -0.161. The van der Waals surface area contributed by atoms with Gasteiger partial charge in [-0.1, -0.05) is 54.1 Å². The Morgan fingerprint density at radius 2 is 1.67 bits per heavy atom. The van der Waals surface area contributed by atoms with Gasteiger partial charge < -0.3 is 9.15 Å². The number of furan rings is 1. The van der Waals surface area contributed by atoms with E-state index < -0.39 is 5.60 Å². The Kier molecular flexibility index (Phi) is 4.39. The number of fused-ring (bicyclic) bond motifs is 1. The van der Waals surface area contributed by atoms with E-state index in [0.717, 1.165) is 34.9 Å². The maximum Gasteiger partial charge on any atom is 0.310 e. The zero-order valence-electron chi connectivity index (χ0n) is 16.0. The van der Waals surface area contributed by atoms with Crippen LogP contribution in [0.2, 0.25) is 0 Å². The molecule has 1 heterocycles. The Balaban J connectivity index is 1.71. The van der Waals surface area contributed by atoms with Gasteiger partial charge in [0.15, 0.2) is 0 Å². The van der Waals surface area contributed by atoms with Crippen molar-refractivity contribution in [2.75, 3.05) is 0 Å². The lowest BCUT2D eigenvalue weighted by atomic mass is 9.74. The summed E-state index contributed by atoms with van der Waals surface area (Å²) in [4.78, 5) is 12.4. The minimum absolute atomic E-state index is 0.0592. The molecule has 0 saturated heterocycles. The van der Waals surface area contributed by atoms with E-state index in [-0.39, 0.29) is 11.9 Å². The summed E-state index contributed by atoms with van der Waals surface area (Å²) >= 11 is 0. The van der Waals surface area contributed by atoms with Gasteiger partial charge in [0, 0.05) is 10.9 Å². The Morgan fingerprint density at radius 1 is 1.00 bits per heavy atom. The standard InChI is InChI=1S/C24H24O3/c1-24(2,3)27-23(25)18-13-17(14-18)22(16-9-5-4-6-10-16)20-15-26-21-12-8-7-11-19(20)21/h4-12,15,18H,13-14H2,1-3H3. The first-order valence-corrected chi connectivity index (χ1v) is 9.39. The van der Waals surface area contributed by atoms with E-state index in [1.165, 1.54) is 11.1 Å². The monoisotopic (exact) mass is 360 g/mol. The second-order valence-electron chi connectivity index (χ2n) is 8.13. The summed E-state index contributed by atoms with van der Waals surface area (Å²) in [7, 11) is 0. The number of para-hydroxylation sites is 1. The van der Waals surface area contributed by atoms with Crippen LogP contribution in [0.1, 0.15) is 44.7 Å². The van der Waals surface area contributed by atoms with E-state index in [2.05, 4.69) is 18.2 Å². The highest BCUT2D eigenvalue weighted by atomic mass is 16.6. The number of carbonyl (C=O) groups excluding carboxylic acids is 1. The molecule has 0 amide bonds. The van der Waals surface area contributed by atoms with Gasteiger partial charge >= 0.3 is 5.97 Å². The van der Waals surface area contributed by atoms with Crippen molar-refractivity contribution in [2.24, 2.45) is 5.92 Å². The highest BCUT2D eigenvalue weighted by Crippen LogP contribution is 2.44. The number of hydrogen-bond donors (Lipinski definition) is 0. The van der Waals surface area contributed by atoms with Gasteiger partial charge in [0.25, 0.3) is 0 Å². The second kappa shape index (κ2) is 6.73. The van der Waals surface area contributed by atoms with Crippen molar-refractivity contribution in [3.8, 4) is 0 Å². The minimum atomic E-state index is -0.445. The molecule has 0 radical (unpaired) electrons. The first-order valence-electron chi connectivity index (χ1n) is 9.39. The van der Waals surface area contributed by atoms with Gasteiger partial charge in [0.05, 0.1) is 12.2 Å². The molecule has 0 bridgehead atoms. The van der Waals surface area contributed by atoms with Crippen LogP contribution in [0.15, 0.2) is 70.9 Å². The maximum atomic E-state index is 12.4. The van der Waals surface area contributed by atoms with Crippen molar-refractivity contribution < 1.29 is 13.9 Å². The zero-order valence-corrected chi connectivity index (χ0v) is 16.0. The predicted molar refractivity (Wildman–Crippen MR) is 107 cm³/mol. The van der Waals surface area contributed by atoms with Gasteiger partial charge in [-0.05, 0) is 50.8 Å². The molecule has 138 valence electrons. The van der Waals surface area contributed by atoms with Crippen LogP contribution in [0.4, 0.5) is 0 Å². The molecule has 1 saturated carbocycles. The molecular formula is C24H24O3. The molecule has 1 aromatic heterocycles. The molecule has 3 aromatic rings. The Labute approximate surface area is 159 Å². The van der Waals surface area contributed by atoms with Crippen LogP contribution in [0, 0.1) is 5.92 Å². The number of rotatable bonds is 3. The summed E-state index contributed by atoms with van der Waals surface area (Å²) in [5.41, 5.74) is 5.14. The van der Waals surface area contributed by atoms with E-state index in [1.54, 1.807) is 0 Å². The van der Waals surface area contributed by atoms with Gasteiger partial charge in [-0.15, -0.1) is 0 Å². The first kappa shape index (κ1) is 17.6. The van der Waals surface area contributed by atoms with Crippen LogP contribution in [-0.4, -0.2) is 11.6 Å². The molecule has 1 fully saturated rings. The van der Waals surface area contributed by atoms with Crippen molar-refractivity contribution in [1.82, 2.24) is 0 Å². The van der Waals surface area contributed by atoms with Gasteiger partial charge in [0.1, 0.15) is 11.2 Å². The van der Waals surface area contributed by atoms with Crippen LogP contribution in [0.25, 0.3) is 16.5 Å². The number of allylic oxidation sites excluding steroid dienone is 1. The SMILES string of the molecule is CC(C)(C)OC(=O)C1CC(=C(c2ccccc2)c2coc3ccccc23)C1. The van der Waals surface area contributed by atoms with Crippen molar-refractivity contribution in [3.05, 3.63) is 77.6 Å². The molecule has 3 nitrogen and oxygen atoms in total. The van der Waals surface area contributed by atoms with Crippen molar-refractivity contribution in [3.63, 3.8) is 0 Å². The minimum Gasteiger partial charge on any atom is -0.464 e. The first-order chi connectivity index (χ1) is 12.9. The third-order valence-electron chi connectivity index (χ3n) is 4.89. The summed E-state index contributed by atoms with van der Waals surface area (Å²) in [6.07, 6.45) is 3.30. The van der Waals surface area contributed by atoms with Crippen LogP contribution in [0.3, 0.4) is 0 Å². The lowest BCUT2D eigenvalue weighted by Crippen LogP contribution is -2.33. The smallest absolute Gasteiger partial charge is 0.310 e. The van der Waals surface area contributed by atoms with Crippen molar-refractivity contribution in [2.45, 2.75) is 39.2 Å². The van der Waals surface area contributed by atoms with Crippen LogP contribution >= 0.6 is 0 Å². The number of carbonyl (C=O) groups is 1. The Bertz CT molecular complexity index is 995. The highest BCUT2D eigenvalue weighted by Gasteiger charge is 2.36. The predicted octanol–water partition coefficient (Wildman–Crippen LogP) is 5.99. The third-order valence-corrected chi connectivity index (χ3v) is 4.89. The van der Waals surface area contributed by atoms with Gasteiger partial charge in [-0.25, -0.2) is 0 Å². The third kappa shape index (κ3) is 3.55. The summed E-state index contributed by atoms with van der Waals surface area (Å²) in [6.45, 7) is 5.73. The number of ether oxygens (including phenoxy) is 1. The molecule has 0 atom stereocenters. The second-order valence-corrected chi connectivity index (χ2v) is 8.13. The van der Waals surface area contributed by atoms with E-state index in [9.17, 15) is 4.79 Å². The van der Waals surface area contributed by atoms with E-state index in [0.29, 0.717) is 0 Å². The number of hydrogen-bond acceptors (Lipinski definition) is 3. The van der Waals surface area contributed by atoms with E-state index >= 15 is 0 Å². The average Bonchev–Trinajstić information content (AvgIpc) is 3.00. The Hall–Kier alpha value is -2.81. The Morgan fingerprint density at radius 3 is 2.37 bits per heavy atom. The molecule has 0 spiro atoms. The van der Waals surface area contributed by atoms with Crippen LogP contribution in [0.5, 0.6) is 0 Å². The lowest BCUT2D eigenvalue weighted by Gasteiger charge is -2.32. The zero-order chi connectivity index (χ0) is 19.0. The summed E-state index contributed by atoms with van der Waals surface area (Å²) in [5, 5.41) is 1.10. The van der Waals surface area contributed by atoms with E-state index in [1.807, 2.05) is 63.4 Å². The number of benzene rings is 2. The fourth-order valence-corrected chi connectivity index (χ4v) is 3.62. The fraction of sp³-hybridized carbons (Fsp3) is 0.292. The molecule has 2 aromatic carbocycles. The molecule has 3 heteroatoms. The molecule has 0 N–H and O–H groups in total. The molecule has 0 unspecified atom stereocenters. The molecular weight excluding hydrogens is 336 g/mol. The quantitative estimate of drug-likeness (QED) is 0.539. The molecule has 1 aliphatic carbocycles. The molecule has 1 aliphatic rings.